The Morgan fingerprint density at radius 3 is 2.67 bits per heavy atom. The fourth-order valence-corrected chi connectivity index (χ4v) is 5.62. The van der Waals surface area contributed by atoms with Crippen molar-refractivity contribution in [2.75, 3.05) is 17.1 Å². The SMILES string of the molecule is CCc1cn2c3c(cc(-c4nnc([C@](C)(N)Cc5ccccc5)o4)cc13)N(C)S(=O)(=O)CC2. The van der Waals surface area contributed by atoms with E-state index in [1.807, 2.05) is 60.2 Å². The summed E-state index contributed by atoms with van der Waals surface area (Å²) < 4.78 is 35.0. The maximum atomic E-state index is 12.8. The Bertz CT molecular complexity index is 1440. The van der Waals surface area contributed by atoms with Gasteiger partial charge in [-0.1, -0.05) is 37.3 Å². The molecular weight excluding hydrogens is 438 g/mol. The lowest BCUT2D eigenvalue weighted by Gasteiger charge is -2.20. The fourth-order valence-electron chi connectivity index (χ4n) is 4.48. The number of hydrogen-bond acceptors (Lipinski definition) is 6. The quantitative estimate of drug-likeness (QED) is 0.484. The summed E-state index contributed by atoms with van der Waals surface area (Å²) in [5.74, 6) is 0.704. The molecule has 0 amide bonds. The molecule has 4 aromatic rings. The third kappa shape index (κ3) is 3.71. The first-order valence-electron chi connectivity index (χ1n) is 11.0. The van der Waals surface area contributed by atoms with Crippen LogP contribution in [0.25, 0.3) is 22.4 Å². The van der Waals surface area contributed by atoms with Crippen molar-refractivity contribution >= 4 is 26.6 Å². The third-order valence-electron chi connectivity index (χ3n) is 6.34. The van der Waals surface area contributed by atoms with E-state index in [-0.39, 0.29) is 5.75 Å². The van der Waals surface area contributed by atoms with Crippen molar-refractivity contribution < 1.29 is 12.8 Å². The normalized spacial score (nSPS) is 17.2. The molecule has 172 valence electrons. The molecule has 0 spiro atoms. The first-order chi connectivity index (χ1) is 15.7. The Morgan fingerprint density at radius 1 is 1.18 bits per heavy atom. The Morgan fingerprint density at radius 2 is 1.94 bits per heavy atom. The lowest BCUT2D eigenvalue weighted by Crippen LogP contribution is -2.35. The largest absolute Gasteiger partial charge is 0.419 e. The minimum absolute atomic E-state index is 0.0518. The second-order valence-electron chi connectivity index (χ2n) is 8.87. The van der Waals surface area contributed by atoms with Crippen LogP contribution in [0.15, 0.2) is 53.1 Å². The number of anilines is 1. The summed E-state index contributed by atoms with van der Waals surface area (Å²) in [4.78, 5) is 0. The summed E-state index contributed by atoms with van der Waals surface area (Å²) in [7, 11) is -1.83. The molecular formula is C24H27N5O3S. The molecule has 2 aromatic carbocycles. The summed E-state index contributed by atoms with van der Waals surface area (Å²) >= 11 is 0. The van der Waals surface area contributed by atoms with Crippen LogP contribution < -0.4 is 10.0 Å². The molecule has 1 aliphatic rings. The summed E-state index contributed by atoms with van der Waals surface area (Å²) in [5, 5.41) is 9.51. The molecule has 0 bridgehead atoms. The van der Waals surface area contributed by atoms with E-state index in [2.05, 4.69) is 17.1 Å². The predicted octanol–water partition coefficient (Wildman–Crippen LogP) is 3.45. The van der Waals surface area contributed by atoms with Gasteiger partial charge in [0.15, 0.2) is 0 Å². The van der Waals surface area contributed by atoms with E-state index in [0.29, 0.717) is 36.0 Å². The number of aromatic nitrogens is 3. The van der Waals surface area contributed by atoms with Crippen LogP contribution in [-0.2, 0) is 34.9 Å². The van der Waals surface area contributed by atoms with Crippen LogP contribution in [-0.4, -0.2) is 36.0 Å². The molecule has 2 aromatic heterocycles. The molecule has 5 rings (SSSR count). The van der Waals surface area contributed by atoms with Gasteiger partial charge in [0, 0.05) is 30.7 Å². The lowest BCUT2D eigenvalue weighted by molar-refractivity contribution is 0.355. The van der Waals surface area contributed by atoms with E-state index in [9.17, 15) is 8.42 Å². The van der Waals surface area contributed by atoms with Gasteiger partial charge >= 0.3 is 0 Å². The zero-order valence-corrected chi connectivity index (χ0v) is 19.8. The minimum Gasteiger partial charge on any atom is -0.419 e. The molecule has 0 aliphatic carbocycles. The standard InChI is InChI=1S/C24H27N5O3S/c1-4-17-15-29-10-11-33(30,31)28(3)20-13-18(12-19(17)21(20)29)22-26-27-23(32-22)24(2,25)14-16-8-6-5-7-9-16/h5-9,12-13,15H,4,10-11,14,25H2,1-3H3/t24-/m1/s1. The molecule has 0 fully saturated rings. The molecule has 0 saturated carbocycles. The Labute approximate surface area is 193 Å². The van der Waals surface area contributed by atoms with Crippen LogP contribution in [0, 0.1) is 0 Å². The van der Waals surface area contributed by atoms with Gasteiger partial charge in [-0.3, -0.25) is 4.31 Å². The van der Waals surface area contributed by atoms with Crippen molar-refractivity contribution in [2.45, 2.75) is 38.8 Å². The number of nitrogens with zero attached hydrogens (tertiary/aromatic N) is 4. The molecule has 3 heterocycles. The molecule has 0 unspecified atom stereocenters. The Hall–Kier alpha value is -3.17. The van der Waals surface area contributed by atoms with Crippen molar-refractivity contribution in [3.05, 3.63) is 65.7 Å². The topological polar surface area (TPSA) is 107 Å². The van der Waals surface area contributed by atoms with E-state index < -0.39 is 15.6 Å². The zero-order valence-electron chi connectivity index (χ0n) is 18.9. The summed E-state index contributed by atoms with van der Waals surface area (Å²) in [6, 6.07) is 13.7. The molecule has 1 atom stereocenters. The lowest BCUT2D eigenvalue weighted by atomic mass is 9.94. The van der Waals surface area contributed by atoms with Gasteiger partial charge in [0.2, 0.25) is 21.8 Å². The van der Waals surface area contributed by atoms with Crippen LogP contribution in [0.4, 0.5) is 5.69 Å². The number of sulfonamides is 1. The predicted molar refractivity (Wildman–Crippen MR) is 128 cm³/mol. The number of benzene rings is 2. The highest BCUT2D eigenvalue weighted by molar-refractivity contribution is 7.92. The van der Waals surface area contributed by atoms with Crippen molar-refractivity contribution in [1.82, 2.24) is 14.8 Å². The molecule has 9 heteroatoms. The van der Waals surface area contributed by atoms with Gasteiger partial charge in [0.1, 0.15) is 0 Å². The van der Waals surface area contributed by atoms with Crippen molar-refractivity contribution in [3.63, 3.8) is 0 Å². The number of nitrogens with two attached hydrogens (primary N) is 1. The highest BCUT2D eigenvalue weighted by Crippen LogP contribution is 2.38. The molecule has 33 heavy (non-hydrogen) atoms. The molecule has 1 aliphatic heterocycles. The van der Waals surface area contributed by atoms with Gasteiger partial charge in [-0.25, -0.2) is 8.42 Å². The second kappa shape index (κ2) is 7.71. The van der Waals surface area contributed by atoms with Crippen LogP contribution in [0.2, 0.25) is 0 Å². The van der Waals surface area contributed by atoms with Gasteiger partial charge < -0.3 is 14.7 Å². The van der Waals surface area contributed by atoms with Gasteiger partial charge in [0.05, 0.1) is 22.5 Å². The van der Waals surface area contributed by atoms with Gasteiger partial charge in [-0.05, 0) is 43.0 Å². The van der Waals surface area contributed by atoms with E-state index in [0.717, 1.165) is 28.5 Å². The maximum absolute atomic E-state index is 12.8. The van der Waals surface area contributed by atoms with Gasteiger partial charge in [-0.2, -0.15) is 0 Å². The summed E-state index contributed by atoms with van der Waals surface area (Å²) in [6.07, 6.45) is 3.42. The molecule has 8 nitrogen and oxygen atoms in total. The van der Waals surface area contributed by atoms with Crippen LogP contribution in [0.5, 0.6) is 0 Å². The zero-order chi connectivity index (χ0) is 23.4. The minimum atomic E-state index is -3.43. The van der Waals surface area contributed by atoms with E-state index in [4.69, 9.17) is 10.2 Å². The van der Waals surface area contributed by atoms with Crippen LogP contribution in [0.1, 0.15) is 30.9 Å². The molecule has 2 N–H and O–H groups in total. The Kier molecular flexibility index (Phi) is 5.06. The van der Waals surface area contributed by atoms with Crippen molar-refractivity contribution in [1.29, 1.82) is 0 Å². The van der Waals surface area contributed by atoms with Crippen LogP contribution in [0.3, 0.4) is 0 Å². The first kappa shape index (κ1) is 21.7. The number of hydrogen-bond donors (Lipinski definition) is 1. The van der Waals surface area contributed by atoms with Gasteiger partial charge in [0.25, 0.3) is 0 Å². The summed E-state index contributed by atoms with van der Waals surface area (Å²) in [5.41, 5.74) is 10.1. The highest BCUT2D eigenvalue weighted by Gasteiger charge is 2.31. The first-order valence-corrected chi connectivity index (χ1v) is 12.6. The highest BCUT2D eigenvalue weighted by atomic mass is 32.2. The molecule has 0 radical (unpaired) electrons. The van der Waals surface area contributed by atoms with Crippen molar-refractivity contribution in [2.24, 2.45) is 5.73 Å². The molecule has 0 saturated heterocycles. The average molecular weight is 466 g/mol. The van der Waals surface area contributed by atoms with E-state index >= 15 is 0 Å². The van der Waals surface area contributed by atoms with Gasteiger partial charge in [-0.15, -0.1) is 10.2 Å². The smallest absolute Gasteiger partial charge is 0.247 e. The Balaban J connectivity index is 1.60. The third-order valence-corrected chi connectivity index (χ3v) is 8.07. The number of rotatable bonds is 5. The second-order valence-corrected chi connectivity index (χ2v) is 11.0. The van der Waals surface area contributed by atoms with Crippen molar-refractivity contribution in [3.8, 4) is 11.5 Å². The van der Waals surface area contributed by atoms with Crippen LogP contribution >= 0.6 is 0 Å². The average Bonchev–Trinajstić information content (AvgIpc) is 3.41. The summed E-state index contributed by atoms with van der Waals surface area (Å²) in [6.45, 7) is 4.38. The fraction of sp³-hybridized carbons (Fsp3) is 0.333. The van der Waals surface area contributed by atoms with E-state index in [1.54, 1.807) is 7.05 Å². The maximum Gasteiger partial charge on any atom is 0.247 e. The van der Waals surface area contributed by atoms with E-state index in [1.165, 1.54) is 4.31 Å². The number of aryl methyl sites for hydroxylation is 2. The monoisotopic (exact) mass is 465 g/mol.